The van der Waals surface area contributed by atoms with Crippen molar-refractivity contribution < 1.29 is 8.78 Å². The molecule has 0 saturated carbocycles. The van der Waals surface area contributed by atoms with Gasteiger partial charge in [-0.05, 0) is 37.3 Å². The molecule has 27 heavy (non-hydrogen) atoms. The lowest BCUT2D eigenvalue weighted by atomic mass is 10.2. The fourth-order valence-corrected chi connectivity index (χ4v) is 2.52. The number of nitrogens with one attached hydrogen (secondary N) is 2. The Balaban J connectivity index is 0.00000261. The van der Waals surface area contributed by atoms with E-state index in [1.54, 1.807) is 0 Å². The van der Waals surface area contributed by atoms with Gasteiger partial charge in [-0.15, -0.1) is 34.2 Å². The first kappa shape index (κ1) is 21.0. The van der Waals surface area contributed by atoms with Crippen molar-refractivity contribution in [1.29, 1.82) is 0 Å². The highest BCUT2D eigenvalue weighted by molar-refractivity contribution is 14.0. The van der Waals surface area contributed by atoms with E-state index in [9.17, 15) is 8.78 Å². The van der Waals surface area contributed by atoms with Crippen LogP contribution in [0, 0.1) is 11.6 Å². The highest BCUT2D eigenvalue weighted by atomic mass is 127. The fraction of sp³-hybridized carbons (Fsp3) is 0.278. The van der Waals surface area contributed by atoms with Crippen LogP contribution >= 0.6 is 24.0 Å². The monoisotopic (exact) mass is 486 g/mol. The molecule has 144 valence electrons. The molecule has 0 unspecified atom stereocenters. The Morgan fingerprint density at radius 2 is 2.00 bits per heavy atom. The molecule has 1 aromatic carbocycles. The predicted molar refractivity (Wildman–Crippen MR) is 111 cm³/mol. The molecule has 3 rings (SSSR count). The topological polar surface area (TPSA) is 66.6 Å². The van der Waals surface area contributed by atoms with Gasteiger partial charge in [-0.3, -0.25) is 4.40 Å². The molecule has 2 N–H and O–H groups in total. The molecule has 3 aromatic rings. The maximum Gasteiger partial charge on any atom is 0.191 e. The SMILES string of the molecule is CCNC(=NCc1cc(F)ccc1F)NCCc1nnc2ccccn12.I. The first-order chi connectivity index (χ1) is 12.7. The molecule has 0 amide bonds. The molecule has 2 aromatic heterocycles. The van der Waals surface area contributed by atoms with Crippen LogP contribution in [0.5, 0.6) is 0 Å². The number of guanidine groups is 1. The summed E-state index contributed by atoms with van der Waals surface area (Å²) >= 11 is 0. The minimum atomic E-state index is -0.478. The summed E-state index contributed by atoms with van der Waals surface area (Å²) in [6.07, 6.45) is 2.56. The second-order valence-corrected chi connectivity index (χ2v) is 5.65. The molecule has 0 saturated heterocycles. The standard InChI is InChI=1S/C18H20F2N6.HI/c1-2-21-18(23-12-13-11-14(19)6-7-15(13)20)22-9-8-17-25-24-16-5-3-4-10-26(16)17;/h3-7,10-11H,2,8-9,12H2,1H3,(H2,21,22,23);1H. The van der Waals surface area contributed by atoms with Gasteiger partial charge in [0, 0.05) is 31.3 Å². The second kappa shape index (κ2) is 10.1. The normalized spacial score (nSPS) is 11.3. The van der Waals surface area contributed by atoms with Gasteiger partial charge in [-0.1, -0.05) is 6.07 Å². The van der Waals surface area contributed by atoms with E-state index in [0.29, 0.717) is 25.5 Å². The van der Waals surface area contributed by atoms with Crippen LogP contribution in [-0.2, 0) is 13.0 Å². The molecule has 2 heterocycles. The molecule has 0 fully saturated rings. The Labute approximate surface area is 173 Å². The second-order valence-electron chi connectivity index (χ2n) is 5.65. The predicted octanol–water partition coefficient (Wildman–Crippen LogP) is 2.92. The number of hydrogen-bond acceptors (Lipinski definition) is 3. The quantitative estimate of drug-likeness (QED) is 0.320. The number of pyridine rings is 1. The largest absolute Gasteiger partial charge is 0.357 e. The molecule has 0 bridgehead atoms. The van der Waals surface area contributed by atoms with Crippen molar-refractivity contribution >= 4 is 35.6 Å². The van der Waals surface area contributed by atoms with E-state index in [1.807, 2.05) is 35.7 Å². The van der Waals surface area contributed by atoms with Crippen molar-refractivity contribution in [2.75, 3.05) is 13.1 Å². The summed E-state index contributed by atoms with van der Waals surface area (Å²) in [5, 5.41) is 14.5. The number of aromatic nitrogens is 3. The van der Waals surface area contributed by atoms with Crippen molar-refractivity contribution in [3.8, 4) is 0 Å². The average Bonchev–Trinajstić information content (AvgIpc) is 3.05. The summed E-state index contributed by atoms with van der Waals surface area (Å²) in [7, 11) is 0. The van der Waals surface area contributed by atoms with Crippen molar-refractivity contribution in [2.45, 2.75) is 19.9 Å². The molecule has 6 nitrogen and oxygen atoms in total. The van der Waals surface area contributed by atoms with Crippen LogP contribution in [0.4, 0.5) is 8.78 Å². The first-order valence-electron chi connectivity index (χ1n) is 8.42. The van der Waals surface area contributed by atoms with Crippen molar-refractivity contribution in [3.63, 3.8) is 0 Å². The van der Waals surface area contributed by atoms with E-state index >= 15 is 0 Å². The molecule has 0 aliphatic rings. The van der Waals surface area contributed by atoms with Gasteiger partial charge in [-0.2, -0.15) is 0 Å². The fourth-order valence-electron chi connectivity index (χ4n) is 2.52. The van der Waals surface area contributed by atoms with Gasteiger partial charge in [-0.25, -0.2) is 13.8 Å². The van der Waals surface area contributed by atoms with E-state index in [-0.39, 0.29) is 36.1 Å². The van der Waals surface area contributed by atoms with Gasteiger partial charge >= 0.3 is 0 Å². The lowest BCUT2D eigenvalue weighted by Crippen LogP contribution is -2.38. The number of nitrogens with zero attached hydrogens (tertiary/aromatic N) is 4. The zero-order valence-corrected chi connectivity index (χ0v) is 17.2. The van der Waals surface area contributed by atoms with Crippen molar-refractivity contribution in [1.82, 2.24) is 25.2 Å². The number of rotatable bonds is 6. The molecule has 0 spiro atoms. The molecule has 0 aliphatic heterocycles. The Morgan fingerprint density at radius 3 is 2.81 bits per heavy atom. The van der Waals surface area contributed by atoms with Gasteiger partial charge in [0.25, 0.3) is 0 Å². The molecule has 0 aliphatic carbocycles. The van der Waals surface area contributed by atoms with E-state index in [4.69, 9.17) is 0 Å². The van der Waals surface area contributed by atoms with Crippen LogP contribution in [0.1, 0.15) is 18.3 Å². The third-order valence-electron chi connectivity index (χ3n) is 3.78. The van der Waals surface area contributed by atoms with Gasteiger partial charge < -0.3 is 10.6 Å². The van der Waals surface area contributed by atoms with Gasteiger partial charge in [0.05, 0.1) is 6.54 Å². The van der Waals surface area contributed by atoms with Crippen LogP contribution < -0.4 is 10.6 Å². The van der Waals surface area contributed by atoms with E-state index in [0.717, 1.165) is 29.7 Å². The summed E-state index contributed by atoms with van der Waals surface area (Å²) in [5.74, 6) is 0.416. The Hall–Kier alpha value is -2.30. The Bertz CT molecular complexity index is 912. The first-order valence-corrected chi connectivity index (χ1v) is 8.42. The van der Waals surface area contributed by atoms with Crippen LogP contribution in [0.3, 0.4) is 0 Å². The summed E-state index contributed by atoms with van der Waals surface area (Å²) in [6.45, 7) is 3.22. The average molecular weight is 486 g/mol. The molecule has 9 heteroatoms. The van der Waals surface area contributed by atoms with Gasteiger partial charge in [0.1, 0.15) is 17.5 Å². The number of fused-ring (bicyclic) bond motifs is 1. The number of aliphatic imine (C=N–C) groups is 1. The minimum Gasteiger partial charge on any atom is -0.357 e. The number of benzene rings is 1. The van der Waals surface area contributed by atoms with Crippen molar-refractivity contribution in [2.24, 2.45) is 4.99 Å². The van der Waals surface area contributed by atoms with Crippen molar-refractivity contribution in [3.05, 3.63) is 65.6 Å². The maximum absolute atomic E-state index is 13.7. The van der Waals surface area contributed by atoms with Crippen LogP contribution in [0.15, 0.2) is 47.6 Å². The smallest absolute Gasteiger partial charge is 0.191 e. The van der Waals surface area contributed by atoms with E-state index in [1.165, 1.54) is 0 Å². The number of halogens is 3. The third-order valence-corrected chi connectivity index (χ3v) is 3.78. The third kappa shape index (κ3) is 5.59. The maximum atomic E-state index is 13.7. The number of hydrogen-bond donors (Lipinski definition) is 2. The van der Waals surface area contributed by atoms with Crippen LogP contribution in [0.2, 0.25) is 0 Å². The lowest BCUT2D eigenvalue weighted by molar-refractivity contribution is 0.585. The zero-order valence-electron chi connectivity index (χ0n) is 14.8. The summed E-state index contributed by atoms with van der Waals surface area (Å²) in [4.78, 5) is 4.31. The van der Waals surface area contributed by atoms with Gasteiger partial charge in [0.2, 0.25) is 0 Å². The lowest BCUT2D eigenvalue weighted by Gasteiger charge is -2.11. The molecular formula is C18H21F2IN6. The van der Waals surface area contributed by atoms with Crippen LogP contribution in [-0.4, -0.2) is 33.6 Å². The molecular weight excluding hydrogens is 465 g/mol. The molecule has 0 atom stereocenters. The molecule has 0 radical (unpaired) electrons. The zero-order chi connectivity index (χ0) is 18.4. The highest BCUT2D eigenvalue weighted by Gasteiger charge is 2.06. The van der Waals surface area contributed by atoms with E-state index in [2.05, 4.69) is 25.8 Å². The van der Waals surface area contributed by atoms with Gasteiger partial charge in [0.15, 0.2) is 11.6 Å². The summed E-state index contributed by atoms with van der Waals surface area (Å²) in [6, 6.07) is 9.08. The Kier molecular flexibility index (Phi) is 7.89. The highest BCUT2D eigenvalue weighted by Crippen LogP contribution is 2.10. The summed E-state index contributed by atoms with van der Waals surface area (Å²) in [5.41, 5.74) is 1.01. The van der Waals surface area contributed by atoms with Crippen LogP contribution in [0.25, 0.3) is 5.65 Å². The van der Waals surface area contributed by atoms with E-state index < -0.39 is 11.6 Å². The summed E-state index contributed by atoms with van der Waals surface area (Å²) < 4.78 is 28.9. The Morgan fingerprint density at radius 1 is 1.15 bits per heavy atom. The minimum absolute atomic E-state index is 0.